The molecule has 0 fully saturated rings. The normalized spacial score (nSPS) is 11.7. The van der Waals surface area contributed by atoms with Crippen LogP contribution in [0.1, 0.15) is 22.6 Å². The highest BCUT2D eigenvalue weighted by Crippen LogP contribution is 2.17. The highest BCUT2D eigenvalue weighted by atomic mass is 32.2. The molecule has 0 saturated heterocycles. The van der Waals surface area contributed by atoms with Gasteiger partial charge in [-0.1, -0.05) is 5.21 Å². The smallest absolute Gasteiger partial charge is 0.357 e. The fourth-order valence-corrected chi connectivity index (χ4v) is 3.16. The lowest BCUT2D eigenvalue weighted by Crippen LogP contribution is -2.27. The molecule has 0 radical (unpaired) electrons. The molecule has 2 aromatic rings. The molecule has 21 heavy (non-hydrogen) atoms. The number of aryl methyl sites for hydroxylation is 2. The molecule has 0 bridgehead atoms. The fourth-order valence-electron chi connectivity index (χ4n) is 1.76. The Balaban J connectivity index is 2.02. The van der Waals surface area contributed by atoms with Crippen LogP contribution in [0, 0.1) is 6.92 Å². The van der Waals surface area contributed by atoms with Gasteiger partial charge in [0, 0.05) is 19.3 Å². The molecule has 11 heteroatoms. The van der Waals surface area contributed by atoms with Crippen LogP contribution < -0.4 is 4.72 Å². The highest BCUT2D eigenvalue weighted by molar-refractivity contribution is 7.89. The molecule has 114 valence electrons. The number of rotatable bonds is 7. The van der Waals surface area contributed by atoms with Gasteiger partial charge in [-0.3, -0.25) is 9.78 Å². The Morgan fingerprint density at radius 3 is 2.90 bits per heavy atom. The number of hydrogen-bond acceptors (Lipinski definition) is 6. The Hall–Kier alpha value is -2.27. The predicted molar refractivity (Wildman–Crippen MR) is 70.1 cm³/mol. The van der Waals surface area contributed by atoms with Gasteiger partial charge in [-0.25, -0.2) is 17.9 Å². The summed E-state index contributed by atoms with van der Waals surface area (Å²) in [5.74, 6) is -1.40. The molecular weight excluding hydrogens is 300 g/mol. The number of carboxylic acids is 1. The summed E-state index contributed by atoms with van der Waals surface area (Å²) in [6.45, 7) is 2.09. The summed E-state index contributed by atoms with van der Waals surface area (Å²) in [6.07, 6.45) is 3.68. The van der Waals surface area contributed by atoms with Gasteiger partial charge in [-0.05, 0) is 13.3 Å². The maximum absolute atomic E-state index is 12.1. The third-order valence-electron chi connectivity index (χ3n) is 2.69. The lowest BCUT2D eigenvalue weighted by molar-refractivity contribution is 0.0686. The van der Waals surface area contributed by atoms with E-state index in [4.69, 9.17) is 5.11 Å². The molecular formula is C10H14N6O4S. The fraction of sp³-hybridized carbons (Fsp3) is 0.400. The Labute approximate surface area is 120 Å². The van der Waals surface area contributed by atoms with Crippen molar-refractivity contribution in [2.24, 2.45) is 0 Å². The third kappa shape index (κ3) is 3.44. The van der Waals surface area contributed by atoms with E-state index in [0.29, 0.717) is 13.0 Å². The Bertz CT molecular complexity index is 721. The van der Waals surface area contributed by atoms with Crippen molar-refractivity contribution < 1.29 is 18.3 Å². The van der Waals surface area contributed by atoms with E-state index in [0.717, 1.165) is 0 Å². The number of nitrogens with zero attached hydrogens (tertiary/aromatic N) is 4. The van der Waals surface area contributed by atoms with Crippen molar-refractivity contribution in [3.63, 3.8) is 0 Å². The first-order chi connectivity index (χ1) is 9.92. The van der Waals surface area contributed by atoms with Crippen molar-refractivity contribution in [3.8, 4) is 0 Å². The third-order valence-corrected chi connectivity index (χ3v) is 4.31. The van der Waals surface area contributed by atoms with Crippen LogP contribution in [0.2, 0.25) is 0 Å². The number of aromatic amines is 1. The number of nitrogens with one attached hydrogen (secondary N) is 2. The summed E-state index contributed by atoms with van der Waals surface area (Å²) in [7, 11) is -3.93. The average molecular weight is 314 g/mol. The number of sulfonamides is 1. The maximum Gasteiger partial charge on any atom is 0.357 e. The highest BCUT2D eigenvalue weighted by Gasteiger charge is 2.27. The average Bonchev–Trinajstić information content (AvgIpc) is 3.03. The van der Waals surface area contributed by atoms with E-state index in [1.165, 1.54) is 13.1 Å². The van der Waals surface area contributed by atoms with E-state index in [2.05, 4.69) is 25.2 Å². The van der Waals surface area contributed by atoms with Crippen LogP contribution in [0.3, 0.4) is 0 Å². The Kier molecular flexibility index (Phi) is 4.33. The molecule has 10 nitrogen and oxygen atoms in total. The molecule has 0 saturated carbocycles. The molecule has 0 aliphatic carbocycles. The number of carboxylic acid groups (broad SMARTS) is 1. The largest absolute Gasteiger partial charge is 0.476 e. The van der Waals surface area contributed by atoms with Crippen molar-refractivity contribution in [2.75, 3.05) is 6.54 Å². The van der Waals surface area contributed by atoms with Gasteiger partial charge in [-0.15, -0.1) is 5.10 Å². The van der Waals surface area contributed by atoms with Gasteiger partial charge in [0.15, 0.2) is 5.69 Å². The van der Waals surface area contributed by atoms with Crippen LogP contribution in [0.4, 0.5) is 0 Å². The SMILES string of the molecule is Cc1[nH]nc(C(=O)O)c1S(=O)(=O)NCCCn1ccnn1. The van der Waals surface area contributed by atoms with Crippen LogP contribution in [0.5, 0.6) is 0 Å². The van der Waals surface area contributed by atoms with Crippen molar-refractivity contribution in [2.45, 2.75) is 24.8 Å². The van der Waals surface area contributed by atoms with Crippen LogP contribution in [0.15, 0.2) is 17.3 Å². The quantitative estimate of drug-likeness (QED) is 0.578. The summed E-state index contributed by atoms with van der Waals surface area (Å²) in [4.78, 5) is 10.6. The molecule has 0 aromatic carbocycles. The minimum atomic E-state index is -3.93. The van der Waals surface area contributed by atoms with Crippen molar-refractivity contribution >= 4 is 16.0 Å². The van der Waals surface area contributed by atoms with E-state index in [1.807, 2.05) is 0 Å². The van der Waals surface area contributed by atoms with Crippen LogP contribution in [-0.4, -0.2) is 51.2 Å². The first-order valence-corrected chi connectivity index (χ1v) is 7.52. The molecule has 3 N–H and O–H groups in total. The molecule has 2 rings (SSSR count). The molecule has 0 amide bonds. The molecule has 0 aliphatic rings. The summed E-state index contributed by atoms with van der Waals surface area (Å²) in [6, 6.07) is 0. The Morgan fingerprint density at radius 1 is 1.52 bits per heavy atom. The summed E-state index contributed by atoms with van der Waals surface area (Å²) in [5, 5.41) is 22.2. The van der Waals surface area contributed by atoms with E-state index in [9.17, 15) is 13.2 Å². The second-order valence-electron chi connectivity index (χ2n) is 4.25. The number of aromatic nitrogens is 5. The van der Waals surface area contributed by atoms with Gasteiger partial charge in [0.1, 0.15) is 4.90 Å². The zero-order valence-electron chi connectivity index (χ0n) is 11.1. The zero-order valence-corrected chi connectivity index (χ0v) is 12.0. The van der Waals surface area contributed by atoms with Gasteiger partial charge in [-0.2, -0.15) is 5.10 Å². The van der Waals surface area contributed by atoms with Crippen molar-refractivity contribution in [1.29, 1.82) is 0 Å². The van der Waals surface area contributed by atoms with Gasteiger partial charge in [0.2, 0.25) is 10.0 Å². The Morgan fingerprint density at radius 2 is 2.29 bits per heavy atom. The monoisotopic (exact) mass is 314 g/mol. The van der Waals surface area contributed by atoms with Gasteiger partial charge < -0.3 is 5.11 Å². The standard InChI is InChI=1S/C10H14N6O4S/c1-7-9(8(10(17)18)14-13-7)21(19,20)12-3-2-5-16-6-4-11-15-16/h4,6,12H,2-3,5H2,1H3,(H,13,14)(H,17,18). The lowest BCUT2D eigenvalue weighted by Gasteiger charge is -2.06. The first-order valence-electron chi connectivity index (χ1n) is 6.04. The lowest BCUT2D eigenvalue weighted by atomic mass is 10.4. The molecule has 0 aliphatic heterocycles. The maximum atomic E-state index is 12.1. The van der Waals surface area contributed by atoms with Crippen molar-refractivity contribution in [1.82, 2.24) is 29.9 Å². The van der Waals surface area contributed by atoms with E-state index in [-0.39, 0.29) is 17.1 Å². The van der Waals surface area contributed by atoms with Crippen LogP contribution in [0.25, 0.3) is 0 Å². The molecule has 0 atom stereocenters. The summed E-state index contributed by atoms with van der Waals surface area (Å²) in [5.41, 5.74) is -0.340. The van der Waals surface area contributed by atoms with Gasteiger partial charge >= 0.3 is 5.97 Å². The number of aromatic carboxylic acids is 1. The molecule has 0 unspecified atom stereocenters. The molecule has 2 heterocycles. The van der Waals surface area contributed by atoms with E-state index in [1.54, 1.807) is 10.9 Å². The zero-order chi connectivity index (χ0) is 15.5. The minimum Gasteiger partial charge on any atom is -0.476 e. The first kappa shape index (κ1) is 15.1. The van der Waals surface area contributed by atoms with E-state index >= 15 is 0 Å². The topological polar surface area (TPSA) is 143 Å². The number of carbonyl (C=O) groups is 1. The summed E-state index contributed by atoms with van der Waals surface area (Å²) < 4.78 is 28.2. The predicted octanol–water partition coefficient (Wildman–Crippen LogP) is -0.624. The van der Waals surface area contributed by atoms with Crippen molar-refractivity contribution in [3.05, 3.63) is 23.8 Å². The van der Waals surface area contributed by atoms with Crippen LogP contribution in [-0.2, 0) is 16.6 Å². The second-order valence-corrected chi connectivity index (χ2v) is 5.95. The van der Waals surface area contributed by atoms with Gasteiger partial charge in [0.25, 0.3) is 0 Å². The number of H-pyrrole nitrogens is 1. The summed E-state index contributed by atoms with van der Waals surface area (Å²) >= 11 is 0. The minimum absolute atomic E-state index is 0.145. The molecule has 0 spiro atoms. The number of hydrogen-bond donors (Lipinski definition) is 3. The van der Waals surface area contributed by atoms with E-state index < -0.39 is 21.7 Å². The van der Waals surface area contributed by atoms with Crippen LogP contribution >= 0.6 is 0 Å². The second kappa shape index (κ2) is 6.01. The molecule has 2 aromatic heterocycles. The van der Waals surface area contributed by atoms with Gasteiger partial charge in [0.05, 0.1) is 11.9 Å².